The molecule has 0 aliphatic heterocycles. The summed E-state index contributed by atoms with van der Waals surface area (Å²) in [6, 6.07) is 0.996. The van der Waals surface area contributed by atoms with Gasteiger partial charge in [0.2, 0.25) is 0 Å². The van der Waals surface area contributed by atoms with Crippen LogP contribution in [0.3, 0.4) is 0 Å². The number of rotatable bonds is 9. The van der Waals surface area contributed by atoms with Crippen LogP contribution in [0.1, 0.15) is 66.6 Å². The third-order valence-electron chi connectivity index (χ3n) is 4.23. The Labute approximate surface area is 204 Å². The van der Waals surface area contributed by atoms with Crippen molar-refractivity contribution >= 4 is 23.7 Å². The van der Waals surface area contributed by atoms with Crippen molar-refractivity contribution in [1.82, 2.24) is 5.32 Å². The molecule has 0 saturated carbocycles. The number of alkyl carbamates (subject to hydrolysis) is 1. The van der Waals surface area contributed by atoms with Crippen molar-refractivity contribution in [1.29, 1.82) is 0 Å². The molecule has 12 heteroatoms. The van der Waals surface area contributed by atoms with Crippen molar-refractivity contribution in [2.24, 2.45) is 0 Å². The molecule has 35 heavy (non-hydrogen) atoms. The second-order valence-electron chi connectivity index (χ2n) is 9.59. The van der Waals surface area contributed by atoms with E-state index in [0.29, 0.717) is 0 Å². The first kappa shape index (κ1) is 29.5. The predicted octanol–water partition coefficient (Wildman–Crippen LogP) is 3.84. The standard InChI is InChI=1S/C23H34N2O10/c1-13(14-10-17(31-8)18(32-9)12-16(14)25(29)30)33-20(27)15(11-19(26)34-22(2,3)4)24-21(28)35-23(5,6)7/h10,12-13,15H,11H2,1-9H3,(H,24,28)/t13?,15-/m0/s1. The summed E-state index contributed by atoms with van der Waals surface area (Å²) in [4.78, 5) is 48.5. The summed E-state index contributed by atoms with van der Waals surface area (Å²) in [6.07, 6.45) is -2.65. The van der Waals surface area contributed by atoms with Gasteiger partial charge < -0.3 is 29.0 Å². The van der Waals surface area contributed by atoms with Gasteiger partial charge in [0.15, 0.2) is 11.5 Å². The lowest BCUT2D eigenvalue weighted by Crippen LogP contribution is -2.46. The maximum atomic E-state index is 13.0. The third-order valence-corrected chi connectivity index (χ3v) is 4.23. The minimum atomic E-state index is -1.47. The number of carbonyl (C=O) groups excluding carboxylic acids is 3. The quantitative estimate of drug-likeness (QED) is 0.230. The molecule has 0 spiro atoms. The molecule has 0 bridgehead atoms. The van der Waals surface area contributed by atoms with Gasteiger partial charge in [0.25, 0.3) is 5.69 Å². The Morgan fingerprint density at radius 2 is 1.49 bits per heavy atom. The summed E-state index contributed by atoms with van der Waals surface area (Å²) < 4.78 is 26.1. The lowest BCUT2D eigenvalue weighted by Gasteiger charge is -2.25. The second-order valence-corrected chi connectivity index (χ2v) is 9.59. The molecule has 1 N–H and O–H groups in total. The van der Waals surface area contributed by atoms with Crippen LogP contribution in [-0.2, 0) is 23.8 Å². The summed E-state index contributed by atoms with van der Waals surface area (Å²) in [6.45, 7) is 11.3. The van der Waals surface area contributed by atoms with E-state index in [1.807, 2.05) is 0 Å². The highest BCUT2D eigenvalue weighted by Gasteiger charge is 2.33. The molecule has 2 atom stereocenters. The van der Waals surface area contributed by atoms with Crippen LogP contribution in [-0.4, -0.2) is 54.4 Å². The Balaban J connectivity index is 3.22. The van der Waals surface area contributed by atoms with E-state index in [2.05, 4.69) is 5.32 Å². The second kappa shape index (κ2) is 11.7. The Morgan fingerprint density at radius 3 is 1.94 bits per heavy atom. The Morgan fingerprint density at radius 1 is 0.971 bits per heavy atom. The summed E-state index contributed by atoms with van der Waals surface area (Å²) in [5.41, 5.74) is -2.04. The van der Waals surface area contributed by atoms with E-state index in [1.165, 1.54) is 27.2 Å². The molecule has 1 aromatic rings. The summed E-state index contributed by atoms with van der Waals surface area (Å²) in [7, 11) is 2.68. The van der Waals surface area contributed by atoms with Crippen molar-refractivity contribution < 1.29 is 43.0 Å². The number of benzene rings is 1. The van der Waals surface area contributed by atoms with Gasteiger partial charge in [-0.05, 0) is 54.5 Å². The van der Waals surface area contributed by atoms with Crippen molar-refractivity contribution in [3.63, 3.8) is 0 Å². The van der Waals surface area contributed by atoms with E-state index in [4.69, 9.17) is 23.7 Å². The van der Waals surface area contributed by atoms with Crippen molar-refractivity contribution in [2.75, 3.05) is 14.2 Å². The number of esters is 2. The Hall–Kier alpha value is -3.57. The van der Waals surface area contributed by atoms with Crippen molar-refractivity contribution in [2.45, 2.75) is 78.2 Å². The Bertz CT molecular complexity index is 917. The highest BCUT2D eigenvalue weighted by molar-refractivity contribution is 5.86. The maximum Gasteiger partial charge on any atom is 0.408 e. The van der Waals surface area contributed by atoms with E-state index < -0.39 is 52.7 Å². The molecule has 0 aliphatic rings. The number of nitro groups is 1. The number of hydrogen-bond acceptors (Lipinski definition) is 10. The van der Waals surface area contributed by atoms with Gasteiger partial charge in [0, 0.05) is 0 Å². The predicted molar refractivity (Wildman–Crippen MR) is 124 cm³/mol. The first-order valence-corrected chi connectivity index (χ1v) is 10.8. The molecule has 0 radical (unpaired) electrons. The summed E-state index contributed by atoms with van der Waals surface area (Å²) in [5.74, 6) is -1.47. The first-order chi connectivity index (χ1) is 16.0. The smallest absolute Gasteiger partial charge is 0.408 e. The van der Waals surface area contributed by atoms with Gasteiger partial charge in [-0.1, -0.05) is 0 Å². The van der Waals surface area contributed by atoms with Crippen LogP contribution < -0.4 is 14.8 Å². The SMILES string of the molecule is COc1cc(C(C)OC(=O)[C@H](CC(=O)OC(C)(C)C)NC(=O)OC(C)(C)C)c([N+](=O)[O-])cc1OC. The largest absolute Gasteiger partial charge is 0.493 e. The summed E-state index contributed by atoms with van der Waals surface area (Å²) in [5, 5.41) is 13.9. The molecule has 1 aromatic carbocycles. The van der Waals surface area contributed by atoms with Crippen LogP contribution in [0.4, 0.5) is 10.5 Å². The van der Waals surface area contributed by atoms with E-state index in [1.54, 1.807) is 41.5 Å². The highest BCUT2D eigenvalue weighted by Crippen LogP contribution is 2.38. The fraction of sp³-hybridized carbons (Fsp3) is 0.609. The number of nitrogens with zero attached hydrogens (tertiary/aromatic N) is 1. The molecular formula is C23H34N2O10. The maximum absolute atomic E-state index is 13.0. The van der Waals surface area contributed by atoms with Gasteiger partial charge in [-0.25, -0.2) is 9.59 Å². The van der Waals surface area contributed by atoms with Crippen LogP contribution in [0.15, 0.2) is 12.1 Å². The molecule has 12 nitrogen and oxygen atoms in total. The van der Waals surface area contributed by atoms with Gasteiger partial charge in [0.1, 0.15) is 23.3 Å². The highest BCUT2D eigenvalue weighted by atomic mass is 16.6. The molecule has 0 saturated heterocycles. The van der Waals surface area contributed by atoms with Gasteiger partial charge in [0.05, 0.1) is 37.2 Å². The van der Waals surface area contributed by atoms with E-state index in [0.717, 1.165) is 6.07 Å². The van der Waals surface area contributed by atoms with E-state index >= 15 is 0 Å². The topological polar surface area (TPSA) is 153 Å². The zero-order valence-corrected chi connectivity index (χ0v) is 21.5. The fourth-order valence-corrected chi connectivity index (χ4v) is 2.88. The lowest BCUT2D eigenvalue weighted by atomic mass is 10.1. The number of nitro benzene ring substituents is 1. The molecule has 196 valence electrons. The molecule has 1 unspecified atom stereocenters. The van der Waals surface area contributed by atoms with Gasteiger partial charge in [-0.15, -0.1) is 0 Å². The minimum absolute atomic E-state index is 0.0225. The monoisotopic (exact) mass is 498 g/mol. The number of hydrogen-bond donors (Lipinski definition) is 1. The molecule has 0 aliphatic carbocycles. The Kier molecular flexibility index (Phi) is 9.86. The normalized spacial score (nSPS) is 13.2. The molecule has 0 fully saturated rings. The van der Waals surface area contributed by atoms with Gasteiger partial charge >= 0.3 is 18.0 Å². The van der Waals surface area contributed by atoms with Crippen LogP contribution in [0.2, 0.25) is 0 Å². The number of methoxy groups -OCH3 is 2. The average molecular weight is 499 g/mol. The van der Waals surface area contributed by atoms with Gasteiger partial charge in [-0.2, -0.15) is 0 Å². The van der Waals surface area contributed by atoms with Crippen LogP contribution >= 0.6 is 0 Å². The van der Waals surface area contributed by atoms with Crippen LogP contribution in [0.5, 0.6) is 11.5 Å². The average Bonchev–Trinajstić information content (AvgIpc) is 2.69. The first-order valence-electron chi connectivity index (χ1n) is 10.8. The third kappa shape index (κ3) is 9.67. The van der Waals surface area contributed by atoms with Crippen molar-refractivity contribution in [3.8, 4) is 11.5 Å². The molecule has 0 aromatic heterocycles. The minimum Gasteiger partial charge on any atom is -0.493 e. The van der Waals surface area contributed by atoms with Gasteiger partial charge in [-0.3, -0.25) is 14.9 Å². The fourth-order valence-electron chi connectivity index (χ4n) is 2.88. The molecular weight excluding hydrogens is 464 g/mol. The summed E-state index contributed by atoms with van der Waals surface area (Å²) >= 11 is 0. The number of amides is 1. The van der Waals surface area contributed by atoms with E-state index in [9.17, 15) is 24.5 Å². The molecule has 0 heterocycles. The van der Waals surface area contributed by atoms with Crippen LogP contribution in [0, 0.1) is 10.1 Å². The molecule has 1 rings (SSSR count). The zero-order valence-electron chi connectivity index (χ0n) is 21.5. The van der Waals surface area contributed by atoms with Crippen molar-refractivity contribution in [3.05, 3.63) is 27.8 Å². The molecule has 1 amide bonds. The number of carbonyl (C=O) groups is 3. The zero-order chi connectivity index (χ0) is 27.1. The lowest BCUT2D eigenvalue weighted by molar-refractivity contribution is -0.386. The van der Waals surface area contributed by atoms with E-state index in [-0.39, 0.29) is 22.7 Å². The number of nitrogens with one attached hydrogen (secondary N) is 1. The number of ether oxygens (including phenoxy) is 5. The van der Waals surface area contributed by atoms with Crippen LogP contribution in [0.25, 0.3) is 0 Å².